The quantitative estimate of drug-likeness (QED) is 0.375. The van der Waals surface area contributed by atoms with Crippen molar-refractivity contribution in [1.29, 1.82) is 0 Å². The highest BCUT2D eigenvalue weighted by molar-refractivity contribution is 7.14. The van der Waals surface area contributed by atoms with Crippen LogP contribution in [0.1, 0.15) is 57.5 Å². The predicted octanol–water partition coefficient (Wildman–Crippen LogP) is 3.30. The first-order valence-corrected chi connectivity index (χ1v) is 15.0. The van der Waals surface area contributed by atoms with Crippen LogP contribution in [0.4, 0.5) is 5.13 Å². The summed E-state index contributed by atoms with van der Waals surface area (Å²) in [6.07, 6.45) is 1.01. The van der Waals surface area contributed by atoms with Gasteiger partial charge in [0.2, 0.25) is 23.7 Å². The third kappa shape index (κ3) is 6.08. The first kappa shape index (κ1) is 27.9. The van der Waals surface area contributed by atoms with Gasteiger partial charge in [-0.05, 0) is 42.8 Å². The van der Waals surface area contributed by atoms with Gasteiger partial charge in [-0.25, -0.2) is 4.98 Å². The van der Waals surface area contributed by atoms with Crippen molar-refractivity contribution in [1.82, 2.24) is 15.2 Å². The summed E-state index contributed by atoms with van der Waals surface area (Å²) in [5.41, 5.74) is 0.967. The van der Waals surface area contributed by atoms with Gasteiger partial charge in [-0.15, -0.1) is 22.7 Å². The highest BCUT2D eigenvalue weighted by atomic mass is 32.1. The lowest BCUT2D eigenvalue weighted by atomic mass is 9.95. The predicted molar refractivity (Wildman–Crippen MR) is 151 cm³/mol. The zero-order valence-corrected chi connectivity index (χ0v) is 23.4. The van der Waals surface area contributed by atoms with E-state index in [9.17, 15) is 19.2 Å². The first-order chi connectivity index (χ1) is 19.5. The Morgan fingerprint density at radius 2 is 1.93 bits per heavy atom. The number of carbonyl (C=O) groups is 4. The average molecular weight is 583 g/mol. The van der Waals surface area contributed by atoms with E-state index >= 15 is 0 Å². The number of aliphatic hydroxyl groups excluding tert-OH is 1. The molecule has 0 radical (unpaired) electrons. The maximum atomic E-state index is 13.4. The highest BCUT2D eigenvalue weighted by Crippen LogP contribution is 2.38. The van der Waals surface area contributed by atoms with Crippen molar-refractivity contribution in [2.45, 2.75) is 31.8 Å². The Morgan fingerprint density at radius 3 is 2.65 bits per heavy atom. The van der Waals surface area contributed by atoms with E-state index < -0.39 is 6.10 Å². The lowest BCUT2D eigenvalue weighted by molar-refractivity contribution is -0.135. The summed E-state index contributed by atoms with van der Waals surface area (Å²) in [6, 6.07) is 10.6. The summed E-state index contributed by atoms with van der Waals surface area (Å²) in [7, 11) is 0. The summed E-state index contributed by atoms with van der Waals surface area (Å²) in [6.45, 7) is 1.42. The minimum atomic E-state index is -0.851. The number of ether oxygens (including phenoxy) is 1. The Labute approximate surface area is 239 Å². The zero-order valence-electron chi connectivity index (χ0n) is 21.8. The molecule has 2 aliphatic heterocycles. The topological polar surface area (TPSA) is 129 Å². The second-order valence-corrected chi connectivity index (χ2v) is 11.4. The molecule has 40 heavy (non-hydrogen) atoms. The molecule has 2 aromatic heterocycles. The van der Waals surface area contributed by atoms with Gasteiger partial charge in [0.1, 0.15) is 11.4 Å². The van der Waals surface area contributed by atoms with Gasteiger partial charge in [0.25, 0.3) is 5.91 Å². The molecule has 1 atom stereocenters. The number of piperidine rings is 1. The van der Waals surface area contributed by atoms with Gasteiger partial charge < -0.3 is 20.1 Å². The fourth-order valence-electron chi connectivity index (χ4n) is 4.89. The van der Waals surface area contributed by atoms with E-state index in [0.717, 1.165) is 0 Å². The van der Waals surface area contributed by atoms with Gasteiger partial charge in [-0.2, -0.15) is 0 Å². The number of thiazole rings is 1. The van der Waals surface area contributed by atoms with Crippen molar-refractivity contribution in [3.05, 3.63) is 63.3 Å². The van der Waals surface area contributed by atoms with Gasteiger partial charge in [0.15, 0.2) is 5.13 Å². The molecule has 5 rings (SSSR count). The van der Waals surface area contributed by atoms with E-state index in [4.69, 9.17) is 9.84 Å². The van der Waals surface area contributed by atoms with Crippen LogP contribution < -0.4 is 15.0 Å². The standard InChI is InChI=1S/C28H30N4O6S2/c33-15-11-29-26(36)18-9-13-31(14-10-18)23(34)8-3-12-32(27(37)22-7-4-16-39-22)28-30-20(17-40-28)25-24(35)19-5-1-2-6-21(19)38-25/h1-2,4-7,16-18,25,33H,3,8-15H2,(H,29,36). The fourth-order valence-corrected chi connectivity index (χ4v) is 6.42. The van der Waals surface area contributed by atoms with Gasteiger partial charge in [0, 0.05) is 43.9 Å². The average Bonchev–Trinajstić information content (AvgIpc) is 3.75. The number of hydrogen-bond acceptors (Lipinski definition) is 9. The Morgan fingerprint density at radius 1 is 1.12 bits per heavy atom. The van der Waals surface area contributed by atoms with Crippen molar-refractivity contribution in [3.8, 4) is 5.75 Å². The van der Waals surface area contributed by atoms with E-state index in [2.05, 4.69) is 10.3 Å². The first-order valence-electron chi connectivity index (χ1n) is 13.2. The van der Waals surface area contributed by atoms with Crippen LogP contribution in [0.3, 0.4) is 0 Å². The lowest BCUT2D eigenvalue weighted by Crippen LogP contribution is -2.43. The zero-order chi connectivity index (χ0) is 28.1. The number of aliphatic hydroxyl groups is 1. The number of benzene rings is 1. The summed E-state index contributed by atoms with van der Waals surface area (Å²) in [5.74, 6) is -0.103. The number of nitrogens with zero attached hydrogens (tertiary/aromatic N) is 3. The Balaban J connectivity index is 1.21. The number of aromatic nitrogens is 1. The van der Waals surface area contributed by atoms with Crippen LogP contribution in [0.2, 0.25) is 0 Å². The number of nitrogens with one attached hydrogen (secondary N) is 1. The SMILES string of the molecule is O=C(NCCO)C1CCN(C(=O)CCCN(C(=O)c2cccs2)c2nc(C3Oc4ccccc4C3=O)cs2)CC1. The molecule has 0 aliphatic carbocycles. The Bertz CT molecular complexity index is 1370. The largest absolute Gasteiger partial charge is 0.475 e. The van der Waals surface area contributed by atoms with Crippen molar-refractivity contribution in [2.75, 3.05) is 37.7 Å². The molecular formula is C28H30N4O6S2. The van der Waals surface area contributed by atoms with E-state index in [1.165, 1.54) is 22.7 Å². The normalized spacial score (nSPS) is 16.9. The number of anilines is 1. The maximum absolute atomic E-state index is 13.4. The third-order valence-corrected chi connectivity index (χ3v) is 8.76. The van der Waals surface area contributed by atoms with Gasteiger partial charge in [-0.3, -0.25) is 24.1 Å². The van der Waals surface area contributed by atoms with E-state index in [1.54, 1.807) is 39.4 Å². The third-order valence-electron chi connectivity index (χ3n) is 7.02. The van der Waals surface area contributed by atoms with Crippen LogP contribution in [-0.2, 0) is 9.59 Å². The van der Waals surface area contributed by atoms with Crippen LogP contribution >= 0.6 is 22.7 Å². The molecule has 3 aromatic rings. The molecule has 12 heteroatoms. The monoisotopic (exact) mass is 582 g/mol. The van der Waals surface area contributed by atoms with Crippen LogP contribution in [0, 0.1) is 5.92 Å². The Hall–Kier alpha value is -3.61. The van der Waals surface area contributed by atoms with Gasteiger partial charge in [-0.1, -0.05) is 18.2 Å². The molecule has 0 saturated carbocycles. The van der Waals surface area contributed by atoms with Crippen LogP contribution in [0.15, 0.2) is 47.2 Å². The maximum Gasteiger partial charge on any atom is 0.270 e. The van der Waals surface area contributed by atoms with Gasteiger partial charge >= 0.3 is 0 Å². The number of hydrogen-bond donors (Lipinski definition) is 2. The minimum Gasteiger partial charge on any atom is -0.475 e. The molecule has 1 aromatic carbocycles. The van der Waals surface area contributed by atoms with Crippen LogP contribution in [0.25, 0.3) is 0 Å². The molecule has 0 spiro atoms. The smallest absolute Gasteiger partial charge is 0.270 e. The minimum absolute atomic E-state index is 0.0136. The number of amides is 3. The molecule has 0 bridgehead atoms. The fraction of sp³-hybridized carbons (Fsp3) is 0.393. The lowest BCUT2D eigenvalue weighted by Gasteiger charge is -2.31. The summed E-state index contributed by atoms with van der Waals surface area (Å²) in [4.78, 5) is 59.8. The summed E-state index contributed by atoms with van der Waals surface area (Å²) < 4.78 is 5.86. The van der Waals surface area contributed by atoms with Crippen molar-refractivity contribution in [3.63, 3.8) is 0 Å². The number of likely N-dealkylation sites (tertiary alicyclic amines) is 1. The van der Waals surface area contributed by atoms with Crippen molar-refractivity contribution in [2.24, 2.45) is 5.92 Å². The number of fused-ring (bicyclic) bond motifs is 1. The molecule has 1 fully saturated rings. The van der Waals surface area contributed by atoms with Crippen molar-refractivity contribution >= 4 is 51.3 Å². The van der Waals surface area contributed by atoms with E-state index in [0.29, 0.717) is 59.4 Å². The van der Waals surface area contributed by atoms with Crippen LogP contribution in [0.5, 0.6) is 5.75 Å². The molecule has 1 saturated heterocycles. The van der Waals surface area contributed by atoms with E-state index in [1.807, 2.05) is 17.5 Å². The molecule has 10 nitrogen and oxygen atoms in total. The highest BCUT2D eigenvalue weighted by Gasteiger charge is 2.36. The Kier molecular flexibility index (Phi) is 8.88. The second kappa shape index (κ2) is 12.7. The second-order valence-electron chi connectivity index (χ2n) is 9.62. The molecule has 2 N–H and O–H groups in total. The molecule has 3 amide bonds. The summed E-state index contributed by atoms with van der Waals surface area (Å²) in [5, 5.41) is 15.6. The molecular weight excluding hydrogens is 552 g/mol. The van der Waals surface area contributed by atoms with Gasteiger partial charge in [0.05, 0.1) is 17.0 Å². The summed E-state index contributed by atoms with van der Waals surface area (Å²) >= 11 is 2.60. The molecule has 2 aliphatic rings. The number of Topliss-reactive ketones (excluding diaryl/α,β-unsaturated/α-hetero) is 1. The molecule has 4 heterocycles. The van der Waals surface area contributed by atoms with Crippen molar-refractivity contribution < 1.29 is 29.0 Å². The molecule has 1 unspecified atom stereocenters. The number of rotatable bonds is 10. The number of carbonyl (C=O) groups excluding carboxylic acids is 4. The number of ketones is 1. The van der Waals surface area contributed by atoms with E-state index in [-0.39, 0.29) is 55.5 Å². The number of thiophene rings is 1. The number of para-hydroxylation sites is 1. The van der Waals surface area contributed by atoms with Crippen LogP contribution in [-0.4, -0.2) is 71.3 Å². The molecule has 210 valence electrons.